The van der Waals surface area contributed by atoms with Gasteiger partial charge in [-0.1, -0.05) is 47.0 Å². The normalized spacial score (nSPS) is 10.0. The number of hydrogen-bond acceptors (Lipinski definition) is 5. The third-order valence-electron chi connectivity index (χ3n) is 3.53. The maximum atomic E-state index is 12.2. The Bertz CT molecular complexity index is 970. The van der Waals surface area contributed by atoms with Crippen molar-refractivity contribution >= 4 is 31.4 Å². The van der Waals surface area contributed by atoms with E-state index in [0.29, 0.717) is 28.4 Å². The minimum Gasteiger partial charge on any atom is -0.337 e. The van der Waals surface area contributed by atoms with Crippen molar-refractivity contribution in [2.45, 2.75) is 0 Å². The molecule has 118 valence electrons. The van der Waals surface area contributed by atoms with Crippen molar-refractivity contribution in [2.75, 3.05) is 5.32 Å². The lowest BCUT2D eigenvalue weighted by Crippen LogP contribution is -2.13. The van der Waals surface area contributed by atoms with Gasteiger partial charge in [0.15, 0.2) is 6.29 Å². The third kappa shape index (κ3) is 3.33. The lowest BCUT2D eigenvalue weighted by atomic mass is 9.95. The van der Waals surface area contributed by atoms with Crippen LogP contribution in [0.1, 0.15) is 26.3 Å². The quantitative estimate of drug-likeness (QED) is 0.584. The Hall–Kier alpha value is -3.66. The van der Waals surface area contributed by atoms with Gasteiger partial charge in [-0.05, 0) is 12.1 Å². The van der Waals surface area contributed by atoms with Gasteiger partial charge in [0, 0.05) is 11.1 Å². The summed E-state index contributed by atoms with van der Waals surface area (Å²) in [6.45, 7) is 0. The molecule has 0 aliphatic heterocycles. The van der Waals surface area contributed by atoms with Gasteiger partial charge in [0.1, 0.15) is 19.1 Å². The van der Waals surface area contributed by atoms with E-state index >= 15 is 0 Å². The molecule has 2 radical (unpaired) electrons. The van der Waals surface area contributed by atoms with Crippen molar-refractivity contribution < 1.29 is 14.1 Å². The second kappa shape index (κ2) is 6.85. The number of aromatic nitrogens is 1. The summed E-state index contributed by atoms with van der Waals surface area (Å²) in [6.07, 6.45) is 0.558. The summed E-state index contributed by atoms with van der Waals surface area (Å²) < 4.78 is 5.11. The molecule has 1 aromatic heterocycles. The van der Waals surface area contributed by atoms with E-state index in [1.54, 1.807) is 48.5 Å². The lowest BCUT2D eigenvalue weighted by molar-refractivity contribution is 0.102. The fraction of sp³-hybridized carbons (Fsp3) is 0. The predicted octanol–water partition coefficient (Wildman–Crippen LogP) is 2.07. The molecule has 3 aromatic rings. The smallest absolute Gasteiger partial charge is 0.258 e. The molecule has 3 rings (SSSR count). The number of amides is 1. The number of carbonyl (C=O) groups excluding carboxylic acids is 2. The number of hydrogen-bond donors (Lipinski definition) is 1. The van der Waals surface area contributed by atoms with E-state index in [0.717, 1.165) is 0 Å². The van der Waals surface area contributed by atoms with Gasteiger partial charge in [-0.25, -0.2) is 0 Å². The molecule has 2 aromatic carbocycles. The molecule has 0 saturated heterocycles. The minimum atomic E-state index is -0.453. The third-order valence-corrected chi connectivity index (χ3v) is 3.53. The molecular formula is C18H10BN3O3. The summed E-state index contributed by atoms with van der Waals surface area (Å²) in [5.41, 5.74) is 2.38. The molecule has 0 unspecified atom stereocenters. The molecule has 0 bridgehead atoms. The van der Waals surface area contributed by atoms with E-state index < -0.39 is 5.91 Å². The maximum absolute atomic E-state index is 12.2. The van der Waals surface area contributed by atoms with Crippen LogP contribution >= 0.6 is 0 Å². The SMILES string of the molecule is [B]c1ccc(C(=O)Nc2onc(-c3ccc(C#N)cc3)c2C=O)cc1. The van der Waals surface area contributed by atoms with E-state index in [-0.39, 0.29) is 17.1 Å². The van der Waals surface area contributed by atoms with E-state index in [9.17, 15) is 9.59 Å². The predicted molar refractivity (Wildman–Crippen MR) is 91.8 cm³/mol. The molecule has 0 atom stereocenters. The number of nitriles is 1. The zero-order chi connectivity index (χ0) is 17.8. The van der Waals surface area contributed by atoms with Crippen LogP contribution in [0.25, 0.3) is 11.3 Å². The number of anilines is 1. The van der Waals surface area contributed by atoms with E-state index in [2.05, 4.69) is 10.5 Å². The summed E-state index contributed by atoms with van der Waals surface area (Å²) >= 11 is 0. The summed E-state index contributed by atoms with van der Waals surface area (Å²) in [5, 5.41) is 15.2. The van der Waals surface area contributed by atoms with Crippen LogP contribution in [0.3, 0.4) is 0 Å². The minimum absolute atomic E-state index is 0.0452. The molecule has 25 heavy (non-hydrogen) atoms. The number of aldehydes is 1. The molecule has 0 aliphatic carbocycles. The van der Waals surface area contributed by atoms with Crippen LogP contribution in [0.5, 0.6) is 0 Å². The molecule has 1 amide bonds. The van der Waals surface area contributed by atoms with Gasteiger partial charge in [0.2, 0.25) is 5.88 Å². The van der Waals surface area contributed by atoms with E-state index in [1.807, 2.05) is 6.07 Å². The Kier molecular flexibility index (Phi) is 4.44. The first-order chi connectivity index (χ1) is 12.1. The van der Waals surface area contributed by atoms with Gasteiger partial charge < -0.3 is 4.52 Å². The van der Waals surface area contributed by atoms with Gasteiger partial charge in [0.25, 0.3) is 5.91 Å². The largest absolute Gasteiger partial charge is 0.337 e. The molecule has 0 spiro atoms. The average molecular weight is 327 g/mol. The number of carbonyl (C=O) groups is 2. The van der Waals surface area contributed by atoms with Gasteiger partial charge in [-0.3, -0.25) is 14.9 Å². The Labute approximate surface area is 144 Å². The van der Waals surface area contributed by atoms with Crippen LogP contribution < -0.4 is 10.8 Å². The lowest BCUT2D eigenvalue weighted by Gasteiger charge is -2.03. The fourth-order valence-electron chi connectivity index (χ4n) is 2.22. The highest BCUT2D eigenvalue weighted by atomic mass is 16.5. The van der Waals surface area contributed by atoms with Crippen LogP contribution in [0.2, 0.25) is 0 Å². The molecule has 1 N–H and O–H groups in total. The molecule has 0 fully saturated rings. The van der Waals surface area contributed by atoms with Gasteiger partial charge in [0.05, 0.1) is 11.6 Å². The van der Waals surface area contributed by atoms with Crippen LogP contribution in [0.4, 0.5) is 5.88 Å². The first kappa shape index (κ1) is 16.2. The van der Waals surface area contributed by atoms with Crippen molar-refractivity contribution in [3.8, 4) is 17.3 Å². The highest BCUT2D eigenvalue weighted by Crippen LogP contribution is 2.28. The van der Waals surface area contributed by atoms with E-state index in [1.165, 1.54) is 0 Å². The van der Waals surface area contributed by atoms with Crippen LogP contribution in [-0.4, -0.2) is 25.2 Å². The number of nitrogens with one attached hydrogen (secondary N) is 1. The molecule has 0 saturated carbocycles. The van der Waals surface area contributed by atoms with Crippen LogP contribution in [0.15, 0.2) is 53.1 Å². The summed E-state index contributed by atoms with van der Waals surface area (Å²) in [4.78, 5) is 23.7. The maximum Gasteiger partial charge on any atom is 0.258 e. The average Bonchev–Trinajstić information content (AvgIpc) is 3.04. The van der Waals surface area contributed by atoms with Crippen LogP contribution in [-0.2, 0) is 0 Å². The first-order valence-corrected chi connectivity index (χ1v) is 7.24. The van der Waals surface area contributed by atoms with Crippen molar-refractivity contribution in [3.63, 3.8) is 0 Å². The highest BCUT2D eigenvalue weighted by Gasteiger charge is 2.19. The molecule has 1 heterocycles. The van der Waals surface area contributed by atoms with Crippen molar-refractivity contribution in [1.82, 2.24) is 5.16 Å². The highest BCUT2D eigenvalue weighted by molar-refractivity contribution is 6.32. The second-order valence-electron chi connectivity index (χ2n) is 5.16. The number of nitrogens with zero attached hydrogens (tertiary/aromatic N) is 2. The number of benzene rings is 2. The Morgan fingerprint density at radius 2 is 1.84 bits per heavy atom. The zero-order valence-electron chi connectivity index (χ0n) is 12.9. The topological polar surface area (TPSA) is 96.0 Å². The number of rotatable bonds is 4. The summed E-state index contributed by atoms with van der Waals surface area (Å²) in [5.74, 6) is -0.498. The van der Waals surface area contributed by atoms with Crippen molar-refractivity contribution in [1.29, 1.82) is 5.26 Å². The Morgan fingerprint density at radius 1 is 1.16 bits per heavy atom. The standard InChI is InChI=1S/C18H10BN3O3/c19-14-7-5-13(6-8-14)17(24)21-18-15(10-23)16(22-25-18)12-3-1-11(9-20)2-4-12/h1-8,10H,(H,21,24). The molecule has 6 nitrogen and oxygen atoms in total. The van der Waals surface area contributed by atoms with Crippen molar-refractivity contribution in [2.24, 2.45) is 0 Å². The summed E-state index contributed by atoms with van der Waals surface area (Å²) in [7, 11) is 5.59. The van der Waals surface area contributed by atoms with Gasteiger partial charge >= 0.3 is 0 Å². The Morgan fingerprint density at radius 3 is 2.44 bits per heavy atom. The molecule has 0 aliphatic rings. The monoisotopic (exact) mass is 327 g/mol. The first-order valence-electron chi connectivity index (χ1n) is 7.24. The summed E-state index contributed by atoms with van der Waals surface area (Å²) in [6, 6.07) is 14.8. The van der Waals surface area contributed by atoms with Gasteiger partial charge in [-0.2, -0.15) is 5.26 Å². The zero-order valence-corrected chi connectivity index (χ0v) is 12.9. The van der Waals surface area contributed by atoms with Crippen LogP contribution in [0, 0.1) is 11.3 Å². The molecule has 7 heteroatoms. The Balaban J connectivity index is 1.89. The van der Waals surface area contributed by atoms with Crippen molar-refractivity contribution in [3.05, 3.63) is 65.2 Å². The van der Waals surface area contributed by atoms with E-state index in [4.69, 9.17) is 17.6 Å². The fourth-order valence-corrected chi connectivity index (χ4v) is 2.22. The van der Waals surface area contributed by atoms with Gasteiger partial charge in [-0.15, -0.1) is 0 Å². The second-order valence-corrected chi connectivity index (χ2v) is 5.16. The molecular weight excluding hydrogens is 317 g/mol.